The lowest BCUT2D eigenvalue weighted by molar-refractivity contribution is -0.210. The number of halogens is 3. The summed E-state index contributed by atoms with van der Waals surface area (Å²) in [4.78, 5) is 0. The predicted molar refractivity (Wildman–Crippen MR) is 54.6 cm³/mol. The molecule has 1 aromatic carbocycles. The van der Waals surface area contributed by atoms with Gasteiger partial charge in [0, 0.05) is 5.56 Å². The molecule has 1 aromatic rings. The monoisotopic (exact) mass is 250 g/mol. The van der Waals surface area contributed by atoms with E-state index in [-0.39, 0.29) is 5.75 Å². The lowest BCUT2D eigenvalue weighted by atomic mass is 10.1. The zero-order chi connectivity index (χ0) is 13.1. The minimum absolute atomic E-state index is 0.130. The van der Waals surface area contributed by atoms with Gasteiger partial charge in [-0.15, -0.1) is 0 Å². The first-order valence-corrected chi connectivity index (χ1v) is 4.97. The molecule has 0 radical (unpaired) electrons. The van der Waals surface area contributed by atoms with E-state index in [1.807, 2.05) is 0 Å². The maximum atomic E-state index is 12.0. The van der Waals surface area contributed by atoms with E-state index >= 15 is 0 Å². The predicted octanol–water partition coefficient (Wildman–Crippen LogP) is 2.04. The van der Waals surface area contributed by atoms with Crippen LogP contribution in [0.1, 0.15) is 18.6 Å². The summed E-state index contributed by atoms with van der Waals surface area (Å²) in [6, 6.07) is 6.18. The van der Waals surface area contributed by atoms with Gasteiger partial charge >= 0.3 is 6.18 Å². The summed E-state index contributed by atoms with van der Waals surface area (Å²) in [6.45, 7) is 0.579. The number of rotatable bonds is 4. The summed E-state index contributed by atoms with van der Waals surface area (Å²) >= 11 is 0. The van der Waals surface area contributed by atoms with Crippen molar-refractivity contribution in [1.82, 2.24) is 0 Å². The van der Waals surface area contributed by atoms with Crippen molar-refractivity contribution in [3.63, 3.8) is 0 Å². The quantitative estimate of drug-likeness (QED) is 0.859. The third-order valence-corrected chi connectivity index (χ3v) is 2.14. The molecule has 96 valence electrons. The molecule has 0 amide bonds. The molecular weight excluding hydrogens is 237 g/mol. The zero-order valence-corrected chi connectivity index (χ0v) is 9.11. The third-order valence-electron chi connectivity index (χ3n) is 2.14. The van der Waals surface area contributed by atoms with Crippen LogP contribution < -0.4 is 4.74 Å². The van der Waals surface area contributed by atoms with Crippen LogP contribution in [0.2, 0.25) is 0 Å². The molecule has 0 heterocycles. The Labute approximate surface area is 96.5 Å². The highest BCUT2D eigenvalue weighted by Gasteiger charge is 2.38. The minimum Gasteiger partial charge on any atom is -0.490 e. The zero-order valence-electron chi connectivity index (χ0n) is 9.11. The molecule has 1 rings (SSSR count). The molecule has 1 unspecified atom stereocenters. The molecule has 3 nitrogen and oxygen atoms in total. The molecule has 17 heavy (non-hydrogen) atoms. The van der Waals surface area contributed by atoms with Gasteiger partial charge in [-0.25, -0.2) is 0 Å². The Kier molecular flexibility index (Phi) is 4.36. The highest BCUT2D eigenvalue weighted by Crippen LogP contribution is 2.26. The largest absolute Gasteiger partial charge is 0.490 e. The maximum absolute atomic E-state index is 12.0. The van der Waals surface area contributed by atoms with Crippen molar-refractivity contribution < 1.29 is 28.1 Å². The van der Waals surface area contributed by atoms with Crippen LogP contribution in [-0.4, -0.2) is 29.1 Å². The van der Waals surface area contributed by atoms with Crippen LogP contribution in [0.5, 0.6) is 5.75 Å². The normalized spacial score (nSPS) is 15.4. The summed E-state index contributed by atoms with van der Waals surface area (Å²) in [6.07, 6.45) is -8.10. The third kappa shape index (κ3) is 3.90. The smallest absolute Gasteiger partial charge is 0.417 e. The summed E-state index contributed by atoms with van der Waals surface area (Å²) in [5, 5.41) is 18.1. The first-order valence-electron chi connectivity index (χ1n) is 4.97. The number of benzene rings is 1. The van der Waals surface area contributed by atoms with Gasteiger partial charge in [0.25, 0.3) is 0 Å². The lowest BCUT2D eigenvalue weighted by Crippen LogP contribution is -2.34. The van der Waals surface area contributed by atoms with Gasteiger partial charge in [-0.2, -0.15) is 13.2 Å². The molecule has 0 saturated heterocycles. The highest BCUT2D eigenvalue weighted by molar-refractivity contribution is 5.34. The molecule has 0 aliphatic carbocycles. The summed E-state index contributed by atoms with van der Waals surface area (Å²) in [7, 11) is 0. The molecule has 0 aliphatic heterocycles. The van der Waals surface area contributed by atoms with Crippen molar-refractivity contribution in [2.75, 3.05) is 6.61 Å². The molecule has 2 atom stereocenters. The average Bonchev–Trinajstić information content (AvgIpc) is 2.24. The fourth-order valence-electron chi connectivity index (χ4n) is 1.22. The van der Waals surface area contributed by atoms with Gasteiger partial charge in [0.05, 0.1) is 6.10 Å². The fourth-order valence-corrected chi connectivity index (χ4v) is 1.22. The lowest BCUT2D eigenvalue weighted by Gasteiger charge is -2.17. The number of ether oxygens (including phenoxy) is 1. The molecule has 0 aromatic heterocycles. The number of hydrogen-bond acceptors (Lipinski definition) is 3. The van der Waals surface area contributed by atoms with Gasteiger partial charge < -0.3 is 14.9 Å². The van der Waals surface area contributed by atoms with Crippen molar-refractivity contribution in [1.29, 1.82) is 0 Å². The standard InChI is InChI=1S/C11H13F3O3/c1-7(15)8-4-2-3-5-9(8)17-6-10(16)11(12,13)14/h2-5,7,10,15-16H,6H2,1H3/t7-,10?/m0/s1. The average molecular weight is 250 g/mol. The van der Waals surface area contributed by atoms with E-state index in [9.17, 15) is 18.3 Å². The molecule has 0 bridgehead atoms. The Bertz CT molecular complexity index is 363. The molecule has 0 spiro atoms. The topological polar surface area (TPSA) is 49.7 Å². The van der Waals surface area contributed by atoms with Crippen molar-refractivity contribution in [2.24, 2.45) is 0 Å². The van der Waals surface area contributed by atoms with Gasteiger partial charge in [-0.1, -0.05) is 18.2 Å². The van der Waals surface area contributed by atoms with Crippen molar-refractivity contribution in [3.8, 4) is 5.75 Å². The van der Waals surface area contributed by atoms with Crippen LogP contribution in [0.4, 0.5) is 13.2 Å². The molecule has 6 heteroatoms. The molecule has 0 saturated carbocycles. The second-order valence-electron chi connectivity index (χ2n) is 3.58. The molecule has 0 fully saturated rings. The van der Waals surface area contributed by atoms with Crippen LogP contribution >= 0.6 is 0 Å². The van der Waals surface area contributed by atoms with Crippen LogP contribution in [-0.2, 0) is 0 Å². The van der Waals surface area contributed by atoms with E-state index < -0.39 is 25.0 Å². The summed E-state index contributed by atoms with van der Waals surface area (Å²) < 4.78 is 41.0. The fraction of sp³-hybridized carbons (Fsp3) is 0.455. The van der Waals surface area contributed by atoms with Crippen LogP contribution in [0.25, 0.3) is 0 Å². The van der Waals surface area contributed by atoms with Gasteiger partial charge in [0.15, 0.2) is 6.10 Å². The summed E-state index contributed by atoms with van der Waals surface area (Å²) in [5.41, 5.74) is 0.377. The number of hydrogen-bond donors (Lipinski definition) is 2. The van der Waals surface area contributed by atoms with Crippen LogP contribution in [0.15, 0.2) is 24.3 Å². The maximum Gasteiger partial charge on any atom is 0.417 e. The number of aliphatic hydroxyl groups excluding tert-OH is 2. The Balaban J connectivity index is 2.70. The van der Waals surface area contributed by atoms with E-state index in [1.165, 1.54) is 13.0 Å². The van der Waals surface area contributed by atoms with E-state index in [4.69, 9.17) is 9.84 Å². The van der Waals surface area contributed by atoms with Crippen molar-refractivity contribution >= 4 is 0 Å². The molecular formula is C11H13F3O3. The van der Waals surface area contributed by atoms with Gasteiger partial charge in [-0.3, -0.25) is 0 Å². The number of alkyl halides is 3. The minimum atomic E-state index is -4.71. The Morgan fingerprint density at radius 2 is 1.82 bits per heavy atom. The number of para-hydroxylation sites is 1. The van der Waals surface area contributed by atoms with E-state index in [0.717, 1.165) is 0 Å². The van der Waals surface area contributed by atoms with Crippen molar-refractivity contribution in [2.45, 2.75) is 25.3 Å². The SMILES string of the molecule is C[C@H](O)c1ccccc1OCC(O)C(F)(F)F. The first kappa shape index (κ1) is 13.8. The molecule has 2 N–H and O–H groups in total. The van der Waals surface area contributed by atoms with Gasteiger partial charge in [0.2, 0.25) is 0 Å². The Morgan fingerprint density at radius 3 is 2.35 bits per heavy atom. The summed E-state index contributed by atoms with van der Waals surface area (Å²) in [5.74, 6) is 0.130. The Hall–Kier alpha value is -1.27. The van der Waals surface area contributed by atoms with E-state index in [1.54, 1.807) is 18.2 Å². The van der Waals surface area contributed by atoms with E-state index in [0.29, 0.717) is 5.56 Å². The van der Waals surface area contributed by atoms with Crippen molar-refractivity contribution in [3.05, 3.63) is 29.8 Å². The second kappa shape index (κ2) is 5.37. The number of aliphatic hydroxyl groups is 2. The second-order valence-corrected chi connectivity index (χ2v) is 3.58. The van der Waals surface area contributed by atoms with E-state index in [2.05, 4.69) is 0 Å². The van der Waals surface area contributed by atoms with Gasteiger partial charge in [0.1, 0.15) is 12.4 Å². The molecule has 0 aliphatic rings. The Morgan fingerprint density at radius 1 is 1.24 bits per heavy atom. The van der Waals surface area contributed by atoms with Crippen LogP contribution in [0.3, 0.4) is 0 Å². The first-order chi connectivity index (χ1) is 7.82. The van der Waals surface area contributed by atoms with Gasteiger partial charge in [-0.05, 0) is 13.0 Å². The highest BCUT2D eigenvalue weighted by atomic mass is 19.4. The van der Waals surface area contributed by atoms with Crippen LogP contribution in [0, 0.1) is 0 Å².